The lowest BCUT2D eigenvalue weighted by Gasteiger charge is -2.14. The Morgan fingerprint density at radius 2 is 1.93 bits per heavy atom. The number of carbonyl (C=O) groups is 1. The van der Waals surface area contributed by atoms with Crippen molar-refractivity contribution in [3.8, 4) is 11.4 Å². The van der Waals surface area contributed by atoms with E-state index in [9.17, 15) is 4.79 Å². The lowest BCUT2D eigenvalue weighted by Crippen LogP contribution is -2.21. The maximum atomic E-state index is 12.2. The quantitative estimate of drug-likeness (QED) is 0.757. The Kier molecular flexibility index (Phi) is 4.61. The molecule has 138 valence electrons. The average molecular weight is 379 g/mol. The number of anilines is 1. The number of benzene rings is 1. The van der Waals surface area contributed by atoms with Crippen LogP contribution in [0.15, 0.2) is 36.7 Å². The molecule has 3 heterocycles. The first kappa shape index (κ1) is 17.6. The molecule has 1 unspecified atom stereocenters. The zero-order valence-electron chi connectivity index (χ0n) is 15.6. The maximum absolute atomic E-state index is 12.2. The fourth-order valence-electron chi connectivity index (χ4n) is 3.22. The first-order valence-corrected chi connectivity index (χ1v) is 9.66. The predicted octanol–water partition coefficient (Wildman–Crippen LogP) is 3.13. The third-order valence-corrected chi connectivity index (χ3v) is 6.10. The monoisotopic (exact) mass is 379 g/mol. The molecule has 4 rings (SSSR count). The topological polar surface area (TPSA) is 71.0 Å². The molecule has 1 atom stereocenters. The van der Waals surface area contributed by atoms with Crippen molar-refractivity contribution in [1.82, 2.24) is 20.3 Å². The fourth-order valence-corrected chi connectivity index (χ4v) is 4.36. The van der Waals surface area contributed by atoms with Crippen LogP contribution in [0.1, 0.15) is 34.0 Å². The molecule has 0 saturated heterocycles. The van der Waals surface area contributed by atoms with Crippen molar-refractivity contribution in [3.63, 3.8) is 0 Å². The van der Waals surface area contributed by atoms with Crippen molar-refractivity contribution in [2.45, 2.75) is 25.8 Å². The Bertz CT molecular complexity index is 980. The minimum Gasteiger partial charge on any atom is -0.354 e. The number of hydrogen-bond donors (Lipinski definition) is 1. The number of aromatic nitrogens is 3. The molecule has 0 bridgehead atoms. The minimum absolute atomic E-state index is 0.0274. The molecule has 0 aliphatic carbocycles. The van der Waals surface area contributed by atoms with Gasteiger partial charge in [-0.3, -0.25) is 4.79 Å². The molecule has 0 saturated carbocycles. The molecule has 3 aromatic rings. The van der Waals surface area contributed by atoms with E-state index in [2.05, 4.69) is 33.3 Å². The molecule has 1 amide bonds. The van der Waals surface area contributed by atoms with Crippen LogP contribution in [0.5, 0.6) is 0 Å². The lowest BCUT2D eigenvalue weighted by molar-refractivity contribution is -0.121. The molecular weight excluding hydrogens is 358 g/mol. The van der Waals surface area contributed by atoms with Crippen molar-refractivity contribution in [3.05, 3.63) is 58.4 Å². The van der Waals surface area contributed by atoms with E-state index < -0.39 is 0 Å². The summed E-state index contributed by atoms with van der Waals surface area (Å²) in [5.41, 5.74) is 4.04. The van der Waals surface area contributed by atoms with Crippen molar-refractivity contribution in [1.29, 1.82) is 0 Å². The molecule has 0 fully saturated rings. The van der Waals surface area contributed by atoms with Gasteiger partial charge in [0.15, 0.2) is 11.0 Å². The van der Waals surface area contributed by atoms with Gasteiger partial charge in [0.1, 0.15) is 0 Å². The molecule has 1 aliphatic heterocycles. The standard InChI is InChI=1S/C20H21N5OS/c1-12-6-4-5-7-14(12)19-22-9-13(10-23-19)15-8-17(26)21-11-16-18(15)27-20(24-16)25(2)3/h4-7,9-10,15H,8,11H2,1-3H3,(H,21,26). The van der Waals surface area contributed by atoms with Gasteiger partial charge >= 0.3 is 0 Å². The summed E-state index contributed by atoms with van der Waals surface area (Å²) in [5.74, 6) is 0.660. The summed E-state index contributed by atoms with van der Waals surface area (Å²) >= 11 is 1.63. The summed E-state index contributed by atoms with van der Waals surface area (Å²) in [7, 11) is 3.96. The number of thiazole rings is 1. The van der Waals surface area contributed by atoms with E-state index in [0.29, 0.717) is 18.8 Å². The second-order valence-electron chi connectivity index (χ2n) is 6.89. The highest BCUT2D eigenvalue weighted by molar-refractivity contribution is 7.15. The van der Waals surface area contributed by atoms with Crippen LogP contribution in [0, 0.1) is 6.92 Å². The van der Waals surface area contributed by atoms with Gasteiger partial charge in [-0.1, -0.05) is 24.3 Å². The summed E-state index contributed by atoms with van der Waals surface area (Å²) in [6.45, 7) is 2.52. The smallest absolute Gasteiger partial charge is 0.221 e. The Morgan fingerprint density at radius 1 is 1.19 bits per heavy atom. The minimum atomic E-state index is -0.0698. The van der Waals surface area contributed by atoms with Crippen molar-refractivity contribution >= 4 is 22.4 Å². The van der Waals surface area contributed by atoms with E-state index in [4.69, 9.17) is 0 Å². The van der Waals surface area contributed by atoms with Gasteiger partial charge in [-0.25, -0.2) is 15.0 Å². The summed E-state index contributed by atoms with van der Waals surface area (Å²) in [6.07, 6.45) is 4.07. The van der Waals surface area contributed by atoms with Crippen LogP contribution in [0.3, 0.4) is 0 Å². The number of carbonyl (C=O) groups excluding carboxylic acids is 1. The zero-order valence-corrected chi connectivity index (χ0v) is 16.4. The van der Waals surface area contributed by atoms with E-state index in [0.717, 1.165) is 32.4 Å². The molecule has 6 nitrogen and oxygen atoms in total. The molecular formula is C20H21N5OS. The molecule has 2 aromatic heterocycles. The summed E-state index contributed by atoms with van der Waals surface area (Å²) in [5, 5.41) is 3.89. The van der Waals surface area contributed by atoms with Gasteiger partial charge in [0, 0.05) is 49.3 Å². The van der Waals surface area contributed by atoms with Crippen LogP contribution in [0.4, 0.5) is 5.13 Å². The van der Waals surface area contributed by atoms with E-state index >= 15 is 0 Å². The second-order valence-corrected chi connectivity index (χ2v) is 7.90. The van der Waals surface area contributed by atoms with Crippen molar-refractivity contribution in [2.24, 2.45) is 0 Å². The molecule has 1 aliphatic rings. The van der Waals surface area contributed by atoms with Crippen LogP contribution >= 0.6 is 11.3 Å². The third-order valence-electron chi connectivity index (χ3n) is 4.72. The first-order chi connectivity index (χ1) is 13.0. The molecule has 1 aromatic carbocycles. The Balaban J connectivity index is 1.72. The molecule has 0 spiro atoms. The van der Waals surface area contributed by atoms with E-state index in [1.165, 1.54) is 0 Å². The van der Waals surface area contributed by atoms with Crippen molar-refractivity contribution < 1.29 is 4.79 Å². The highest BCUT2D eigenvalue weighted by atomic mass is 32.1. The van der Waals surface area contributed by atoms with Crippen LogP contribution in [-0.2, 0) is 11.3 Å². The van der Waals surface area contributed by atoms with Crippen molar-refractivity contribution in [2.75, 3.05) is 19.0 Å². The van der Waals surface area contributed by atoms with Gasteiger partial charge < -0.3 is 10.2 Å². The normalized spacial score (nSPS) is 16.4. The Morgan fingerprint density at radius 3 is 2.63 bits per heavy atom. The molecule has 7 heteroatoms. The summed E-state index contributed by atoms with van der Waals surface area (Å²) in [4.78, 5) is 29.2. The average Bonchev–Trinajstić information content (AvgIpc) is 3.03. The molecule has 27 heavy (non-hydrogen) atoms. The number of amides is 1. The molecule has 1 N–H and O–H groups in total. The number of aryl methyl sites for hydroxylation is 1. The van der Waals surface area contributed by atoms with E-state index in [1.807, 2.05) is 49.6 Å². The van der Waals surface area contributed by atoms with Gasteiger partial charge in [-0.05, 0) is 18.1 Å². The van der Waals surface area contributed by atoms with Gasteiger partial charge in [-0.2, -0.15) is 0 Å². The van der Waals surface area contributed by atoms with Gasteiger partial charge in [0.05, 0.1) is 12.2 Å². The third kappa shape index (κ3) is 3.42. The van der Waals surface area contributed by atoms with Crippen LogP contribution in [0.25, 0.3) is 11.4 Å². The predicted molar refractivity (Wildman–Crippen MR) is 107 cm³/mol. The Hall–Kier alpha value is -2.80. The van der Waals surface area contributed by atoms with Crippen LogP contribution < -0.4 is 10.2 Å². The maximum Gasteiger partial charge on any atom is 0.221 e. The van der Waals surface area contributed by atoms with Crippen LogP contribution in [-0.4, -0.2) is 35.0 Å². The van der Waals surface area contributed by atoms with E-state index in [-0.39, 0.29) is 11.8 Å². The Labute approximate surface area is 162 Å². The summed E-state index contributed by atoms with van der Waals surface area (Å²) < 4.78 is 0. The largest absolute Gasteiger partial charge is 0.354 e. The first-order valence-electron chi connectivity index (χ1n) is 8.84. The van der Waals surface area contributed by atoms with Gasteiger partial charge in [0.2, 0.25) is 5.91 Å². The number of nitrogens with one attached hydrogen (secondary N) is 1. The van der Waals surface area contributed by atoms with Gasteiger partial charge in [0.25, 0.3) is 0 Å². The fraction of sp³-hybridized carbons (Fsp3) is 0.300. The number of nitrogens with zero attached hydrogens (tertiary/aromatic N) is 4. The zero-order chi connectivity index (χ0) is 19.0. The number of fused-ring (bicyclic) bond motifs is 1. The summed E-state index contributed by atoms with van der Waals surface area (Å²) in [6, 6.07) is 8.06. The lowest BCUT2D eigenvalue weighted by atomic mass is 9.96. The highest BCUT2D eigenvalue weighted by Crippen LogP contribution is 2.38. The number of rotatable bonds is 3. The SMILES string of the molecule is Cc1ccccc1-c1ncc(C2CC(=O)NCc3nc(N(C)C)sc32)cn1. The van der Waals surface area contributed by atoms with E-state index in [1.54, 1.807) is 11.3 Å². The van der Waals surface area contributed by atoms with Crippen LogP contribution in [0.2, 0.25) is 0 Å². The van der Waals surface area contributed by atoms with Gasteiger partial charge in [-0.15, -0.1) is 11.3 Å². The highest BCUT2D eigenvalue weighted by Gasteiger charge is 2.29. The number of hydrogen-bond acceptors (Lipinski definition) is 6. The second kappa shape index (κ2) is 7.08. The molecule has 0 radical (unpaired) electrons.